The zero-order valence-corrected chi connectivity index (χ0v) is 21.2. The van der Waals surface area contributed by atoms with Gasteiger partial charge in [-0.05, 0) is 50.2 Å². The Morgan fingerprint density at radius 2 is 1.25 bits per heavy atom. The summed E-state index contributed by atoms with van der Waals surface area (Å²) in [6, 6.07) is 16.4. The van der Waals surface area contributed by atoms with Crippen LogP contribution in [0.3, 0.4) is 0 Å². The van der Waals surface area contributed by atoms with E-state index in [2.05, 4.69) is 0 Å². The molecule has 13 heteroatoms. The third-order valence-corrected chi connectivity index (χ3v) is 5.39. The minimum atomic E-state index is -2.31. The molecule has 0 saturated heterocycles. The first-order valence-corrected chi connectivity index (χ1v) is 11.6. The summed E-state index contributed by atoms with van der Waals surface area (Å²) >= 11 is 0. The summed E-state index contributed by atoms with van der Waals surface area (Å²) < 4.78 is 10.3. The van der Waals surface area contributed by atoms with Gasteiger partial charge in [0.05, 0.1) is 16.1 Å². The zero-order chi connectivity index (χ0) is 29.4. The number of nitro groups is 1. The van der Waals surface area contributed by atoms with Crippen LogP contribution < -0.4 is 10.9 Å². The van der Waals surface area contributed by atoms with Crippen LogP contribution in [0.25, 0.3) is 0 Å². The molecule has 0 bridgehead atoms. The lowest BCUT2D eigenvalue weighted by Crippen LogP contribution is -2.54. The second kappa shape index (κ2) is 12.8. The Bertz CT molecular complexity index is 1470. The number of rotatable bonds is 9. The van der Waals surface area contributed by atoms with Gasteiger partial charge in [-0.15, -0.1) is 0 Å². The molecule has 2 amide bonds. The van der Waals surface area contributed by atoms with E-state index in [-0.39, 0.29) is 22.4 Å². The van der Waals surface area contributed by atoms with E-state index in [1.54, 1.807) is 26.0 Å². The van der Waals surface area contributed by atoms with Crippen LogP contribution in [-0.2, 0) is 19.1 Å². The van der Waals surface area contributed by atoms with Gasteiger partial charge in [-0.1, -0.05) is 35.4 Å². The summed E-state index contributed by atoms with van der Waals surface area (Å²) in [4.78, 5) is 73.2. The number of hydrazine groups is 1. The third-order valence-electron chi connectivity index (χ3n) is 5.39. The minimum Gasteiger partial charge on any atom is -0.478 e. The van der Waals surface area contributed by atoms with Crippen molar-refractivity contribution in [3.8, 4) is 0 Å². The van der Waals surface area contributed by atoms with Gasteiger partial charge < -0.3 is 14.6 Å². The molecule has 3 N–H and O–H groups in total. The molecular weight excluding hydrogens is 526 g/mol. The normalized spacial score (nSPS) is 11.8. The molecule has 0 aliphatic rings. The summed E-state index contributed by atoms with van der Waals surface area (Å²) in [5.41, 5.74) is 4.91. The van der Waals surface area contributed by atoms with E-state index in [9.17, 15) is 39.2 Å². The van der Waals surface area contributed by atoms with E-state index in [0.717, 1.165) is 24.3 Å². The Labute approximate surface area is 226 Å². The van der Waals surface area contributed by atoms with Crippen molar-refractivity contribution < 1.29 is 43.5 Å². The largest absolute Gasteiger partial charge is 0.478 e. The van der Waals surface area contributed by atoms with Gasteiger partial charge in [0.15, 0.2) is 0 Å². The smallest absolute Gasteiger partial charge is 0.349 e. The summed E-state index contributed by atoms with van der Waals surface area (Å²) in [5.74, 6) is -6.25. The number of aliphatic carboxylic acids is 1. The van der Waals surface area contributed by atoms with E-state index in [1.807, 2.05) is 10.9 Å². The van der Waals surface area contributed by atoms with Crippen LogP contribution >= 0.6 is 0 Å². The second-order valence-electron chi connectivity index (χ2n) is 8.48. The molecular formula is C27H23N3O10. The topological polar surface area (TPSA) is 191 Å². The predicted octanol–water partition coefficient (Wildman–Crippen LogP) is 2.51. The number of carboxylic acids is 1. The summed E-state index contributed by atoms with van der Waals surface area (Å²) in [5, 5.41) is 20.6. The number of aryl methyl sites for hydroxylation is 2. The molecule has 3 aromatic rings. The molecule has 0 fully saturated rings. The van der Waals surface area contributed by atoms with Crippen LogP contribution in [0.1, 0.15) is 42.2 Å². The molecule has 0 saturated carbocycles. The van der Waals surface area contributed by atoms with Gasteiger partial charge in [0, 0.05) is 17.7 Å². The van der Waals surface area contributed by atoms with Crippen LogP contribution in [0, 0.1) is 24.0 Å². The fraction of sp³-hybridized carbons (Fsp3) is 0.148. The minimum absolute atomic E-state index is 0.0121. The number of hydrogen-bond acceptors (Lipinski definition) is 9. The number of amides is 2. The number of carbonyl (C=O) groups is 5. The highest BCUT2D eigenvalue weighted by Gasteiger charge is 2.41. The number of esters is 2. The van der Waals surface area contributed by atoms with Crippen LogP contribution in [0.5, 0.6) is 0 Å². The Hall–Kier alpha value is -5.59. The van der Waals surface area contributed by atoms with Gasteiger partial charge in [-0.3, -0.25) is 30.6 Å². The molecule has 3 aromatic carbocycles. The highest BCUT2D eigenvalue weighted by Crippen LogP contribution is 2.15. The van der Waals surface area contributed by atoms with Crippen molar-refractivity contribution >= 4 is 35.4 Å². The van der Waals surface area contributed by atoms with Crippen LogP contribution in [0.15, 0.2) is 72.8 Å². The maximum absolute atomic E-state index is 13.0. The maximum atomic E-state index is 13.0. The fourth-order valence-electron chi connectivity index (χ4n) is 3.40. The predicted molar refractivity (Wildman–Crippen MR) is 137 cm³/mol. The lowest BCUT2D eigenvalue weighted by Gasteiger charge is -2.23. The van der Waals surface area contributed by atoms with Gasteiger partial charge >= 0.3 is 17.9 Å². The molecule has 13 nitrogen and oxygen atoms in total. The zero-order valence-electron chi connectivity index (χ0n) is 21.2. The molecule has 0 radical (unpaired) electrons. The Morgan fingerprint density at radius 3 is 1.70 bits per heavy atom. The van der Waals surface area contributed by atoms with Gasteiger partial charge in [0.25, 0.3) is 17.5 Å². The Kier molecular flexibility index (Phi) is 9.25. The molecule has 3 rings (SSSR count). The van der Waals surface area contributed by atoms with E-state index in [1.165, 1.54) is 36.4 Å². The van der Waals surface area contributed by atoms with Crippen LogP contribution in [0.2, 0.25) is 0 Å². The number of nitrogens with zero attached hydrogens (tertiary/aromatic N) is 1. The SMILES string of the molecule is Cc1cccc(C(=O)O[C@H](C(=O)O)[C@H](OC(=O)c2cccc(C)c2)C(=O)NNC(=O)c2ccc([N+](=O)[O-])cc2)c1. The average molecular weight is 549 g/mol. The summed E-state index contributed by atoms with van der Waals surface area (Å²) in [7, 11) is 0. The van der Waals surface area contributed by atoms with Crippen molar-refractivity contribution in [2.45, 2.75) is 26.1 Å². The van der Waals surface area contributed by atoms with E-state index in [4.69, 9.17) is 9.47 Å². The average Bonchev–Trinajstić information content (AvgIpc) is 2.93. The number of carboxylic acid groups (broad SMARTS) is 1. The summed E-state index contributed by atoms with van der Waals surface area (Å²) in [6.45, 7) is 3.39. The molecule has 0 unspecified atom stereocenters. The molecule has 0 aromatic heterocycles. The Balaban J connectivity index is 1.84. The highest BCUT2D eigenvalue weighted by molar-refractivity contribution is 5.99. The van der Waals surface area contributed by atoms with Crippen molar-refractivity contribution in [3.05, 3.63) is 111 Å². The molecule has 0 heterocycles. The molecule has 0 spiro atoms. The van der Waals surface area contributed by atoms with Crippen molar-refractivity contribution in [3.63, 3.8) is 0 Å². The molecule has 2 atom stereocenters. The first-order chi connectivity index (χ1) is 19.0. The van der Waals surface area contributed by atoms with Gasteiger partial charge in [0.1, 0.15) is 0 Å². The van der Waals surface area contributed by atoms with Crippen molar-refractivity contribution in [2.75, 3.05) is 0 Å². The van der Waals surface area contributed by atoms with Gasteiger partial charge in [-0.25, -0.2) is 14.4 Å². The number of non-ortho nitro benzene ring substituents is 1. The number of ether oxygens (including phenoxy) is 2. The van der Waals surface area contributed by atoms with Gasteiger partial charge in [-0.2, -0.15) is 0 Å². The first kappa shape index (κ1) is 29.0. The summed E-state index contributed by atoms with van der Waals surface area (Å²) in [6.07, 6.45) is -4.55. The fourth-order valence-corrected chi connectivity index (χ4v) is 3.40. The molecule has 0 aliphatic heterocycles. The number of hydrogen-bond donors (Lipinski definition) is 3. The van der Waals surface area contributed by atoms with Crippen LogP contribution in [0.4, 0.5) is 5.69 Å². The van der Waals surface area contributed by atoms with Crippen molar-refractivity contribution in [2.24, 2.45) is 0 Å². The lowest BCUT2D eigenvalue weighted by atomic mass is 10.1. The van der Waals surface area contributed by atoms with Crippen LogP contribution in [-0.4, -0.2) is 52.0 Å². The van der Waals surface area contributed by atoms with Crippen molar-refractivity contribution in [1.29, 1.82) is 0 Å². The molecule has 0 aliphatic carbocycles. The number of carbonyl (C=O) groups excluding carboxylic acids is 4. The van der Waals surface area contributed by atoms with E-state index in [0.29, 0.717) is 11.1 Å². The van der Waals surface area contributed by atoms with Gasteiger partial charge in [0.2, 0.25) is 12.2 Å². The quantitative estimate of drug-likeness (QED) is 0.203. The van der Waals surface area contributed by atoms with E-state index >= 15 is 0 Å². The number of benzene rings is 3. The van der Waals surface area contributed by atoms with E-state index < -0.39 is 46.9 Å². The maximum Gasteiger partial charge on any atom is 0.349 e. The van der Waals surface area contributed by atoms with Crippen molar-refractivity contribution in [1.82, 2.24) is 10.9 Å². The third kappa shape index (κ3) is 7.47. The highest BCUT2D eigenvalue weighted by atomic mass is 16.6. The Morgan fingerprint density at radius 1 is 0.750 bits per heavy atom. The number of nitrogens with one attached hydrogen (secondary N) is 2. The lowest BCUT2D eigenvalue weighted by molar-refractivity contribution is -0.384. The first-order valence-electron chi connectivity index (χ1n) is 11.6. The molecule has 206 valence electrons. The number of nitro benzene ring substituents is 1. The standard InChI is InChI=1S/C27H23N3O10/c1-15-5-3-7-18(13-15)26(35)39-21(22(25(33)34)40-27(36)19-8-4-6-16(2)14-19)24(32)29-28-23(31)17-9-11-20(12-10-17)30(37)38/h3-14,21-22H,1-2H3,(H,28,31)(H,29,32)(H,33,34)/t21-,22-/m0/s1. The monoisotopic (exact) mass is 549 g/mol. The molecule has 40 heavy (non-hydrogen) atoms. The second-order valence-corrected chi connectivity index (χ2v) is 8.48.